The highest BCUT2D eigenvalue weighted by Crippen LogP contribution is 2.29. The van der Waals surface area contributed by atoms with Gasteiger partial charge in [-0.1, -0.05) is 38.8 Å². The van der Waals surface area contributed by atoms with Crippen LogP contribution in [0, 0.1) is 5.92 Å². The molecule has 2 nitrogen and oxygen atoms in total. The van der Waals surface area contributed by atoms with Gasteiger partial charge in [-0.3, -0.25) is 0 Å². The van der Waals surface area contributed by atoms with E-state index in [0.717, 1.165) is 24.8 Å². The third-order valence-electron chi connectivity index (χ3n) is 4.27. The summed E-state index contributed by atoms with van der Waals surface area (Å²) in [6, 6.07) is 8.57. The lowest BCUT2D eigenvalue weighted by Gasteiger charge is -2.29. The summed E-state index contributed by atoms with van der Waals surface area (Å²) in [5, 5.41) is 3.44. The van der Waals surface area contributed by atoms with E-state index < -0.39 is 0 Å². The first-order valence-corrected chi connectivity index (χ1v) is 8.28. The Bertz CT molecular complexity index is 391. The van der Waals surface area contributed by atoms with E-state index in [1.165, 1.54) is 44.1 Å². The molecule has 0 aromatic heterocycles. The molecule has 0 saturated heterocycles. The first kappa shape index (κ1) is 15.4. The molecule has 2 rings (SSSR count). The van der Waals surface area contributed by atoms with Crippen molar-refractivity contribution in [2.45, 2.75) is 65.0 Å². The number of hydrogen-bond donors (Lipinski definition) is 1. The maximum absolute atomic E-state index is 6.21. The number of nitrogens with one attached hydrogen (secondary N) is 1. The third kappa shape index (κ3) is 4.82. The molecule has 1 fully saturated rings. The number of hydrogen-bond acceptors (Lipinski definition) is 2. The van der Waals surface area contributed by atoms with Crippen LogP contribution in [0.1, 0.15) is 57.9 Å². The van der Waals surface area contributed by atoms with Crippen molar-refractivity contribution in [2.24, 2.45) is 5.92 Å². The summed E-state index contributed by atoms with van der Waals surface area (Å²) in [6.07, 6.45) is 8.05. The summed E-state index contributed by atoms with van der Waals surface area (Å²) in [5.41, 5.74) is 1.32. The largest absolute Gasteiger partial charge is 0.490 e. The highest BCUT2D eigenvalue weighted by Gasteiger charge is 2.21. The van der Waals surface area contributed by atoms with Crippen molar-refractivity contribution in [3.05, 3.63) is 29.8 Å². The lowest BCUT2D eigenvalue weighted by Crippen LogP contribution is -2.25. The van der Waals surface area contributed by atoms with Gasteiger partial charge < -0.3 is 10.1 Å². The summed E-state index contributed by atoms with van der Waals surface area (Å²) in [6.45, 7) is 6.51. The molecule has 0 spiro atoms. The van der Waals surface area contributed by atoms with Crippen molar-refractivity contribution < 1.29 is 4.74 Å². The molecule has 0 radical (unpaired) electrons. The second-order valence-corrected chi connectivity index (χ2v) is 6.00. The van der Waals surface area contributed by atoms with E-state index in [-0.39, 0.29) is 0 Å². The molecule has 0 bridgehead atoms. The van der Waals surface area contributed by atoms with Crippen LogP contribution in [0.15, 0.2) is 24.3 Å². The van der Waals surface area contributed by atoms with Crippen molar-refractivity contribution in [1.82, 2.24) is 5.32 Å². The molecule has 1 aromatic rings. The van der Waals surface area contributed by atoms with Crippen LogP contribution in [0.25, 0.3) is 0 Å². The summed E-state index contributed by atoms with van der Waals surface area (Å²) in [5.74, 6) is 1.91. The summed E-state index contributed by atoms with van der Waals surface area (Å²) in [7, 11) is 0. The van der Waals surface area contributed by atoms with E-state index in [2.05, 4.69) is 43.4 Å². The van der Waals surface area contributed by atoms with Crippen LogP contribution >= 0.6 is 0 Å². The molecule has 112 valence electrons. The lowest BCUT2D eigenvalue weighted by molar-refractivity contribution is 0.122. The minimum Gasteiger partial charge on any atom is -0.490 e. The highest BCUT2D eigenvalue weighted by molar-refractivity contribution is 5.28. The maximum Gasteiger partial charge on any atom is 0.120 e. The maximum atomic E-state index is 6.21. The van der Waals surface area contributed by atoms with E-state index in [1.54, 1.807) is 0 Å². The fourth-order valence-electron chi connectivity index (χ4n) is 3.05. The van der Waals surface area contributed by atoms with E-state index in [0.29, 0.717) is 6.10 Å². The van der Waals surface area contributed by atoms with Gasteiger partial charge in [0.25, 0.3) is 0 Å². The monoisotopic (exact) mass is 275 g/mol. The van der Waals surface area contributed by atoms with Crippen molar-refractivity contribution >= 4 is 0 Å². The fraction of sp³-hybridized carbons (Fsp3) is 0.667. The average Bonchev–Trinajstić information content (AvgIpc) is 2.48. The van der Waals surface area contributed by atoms with Gasteiger partial charge in [0, 0.05) is 6.54 Å². The Balaban J connectivity index is 1.87. The lowest BCUT2D eigenvalue weighted by atomic mass is 9.85. The van der Waals surface area contributed by atoms with Crippen molar-refractivity contribution in [2.75, 3.05) is 6.54 Å². The van der Waals surface area contributed by atoms with E-state index in [9.17, 15) is 0 Å². The molecule has 0 amide bonds. The van der Waals surface area contributed by atoms with Gasteiger partial charge in [0.2, 0.25) is 0 Å². The Labute approximate surface area is 123 Å². The van der Waals surface area contributed by atoms with Crippen LogP contribution in [0.5, 0.6) is 5.75 Å². The Morgan fingerprint density at radius 2 is 2.15 bits per heavy atom. The standard InChI is InChI=1S/C18H29NO/c1-3-11-19-14-16-8-6-10-18(13-16)20-17-9-5-7-15(4-2)12-17/h6,8,10,13,15,17,19H,3-5,7,9,11-12,14H2,1-2H3. The SMILES string of the molecule is CCCNCc1cccc(OC2CCCC(CC)C2)c1. The van der Waals surface area contributed by atoms with Gasteiger partial charge in [0.15, 0.2) is 0 Å². The Kier molecular flexibility index (Phi) is 6.38. The van der Waals surface area contributed by atoms with E-state index >= 15 is 0 Å². The predicted octanol–water partition coefficient (Wildman–Crippen LogP) is 4.53. The van der Waals surface area contributed by atoms with Gasteiger partial charge in [0.05, 0.1) is 6.10 Å². The van der Waals surface area contributed by atoms with Gasteiger partial charge in [-0.15, -0.1) is 0 Å². The zero-order valence-corrected chi connectivity index (χ0v) is 13.0. The van der Waals surface area contributed by atoms with Gasteiger partial charge in [-0.05, 0) is 55.8 Å². The van der Waals surface area contributed by atoms with Crippen molar-refractivity contribution in [3.63, 3.8) is 0 Å². The van der Waals surface area contributed by atoms with Gasteiger partial charge in [-0.25, -0.2) is 0 Å². The third-order valence-corrected chi connectivity index (χ3v) is 4.27. The number of benzene rings is 1. The molecule has 1 saturated carbocycles. The molecule has 0 aliphatic heterocycles. The molecule has 1 N–H and O–H groups in total. The van der Waals surface area contributed by atoms with Crippen LogP contribution in [0.2, 0.25) is 0 Å². The second-order valence-electron chi connectivity index (χ2n) is 6.00. The zero-order valence-electron chi connectivity index (χ0n) is 13.0. The molecule has 1 aliphatic rings. The summed E-state index contributed by atoms with van der Waals surface area (Å²) >= 11 is 0. The molecule has 1 aliphatic carbocycles. The molecule has 20 heavy (non-hydrogen) atoms. The Morgan fingerprint density at radius 1 is 1.25 bits per heavy atom. The van der Waals surface area contributed by atoms with Crippen LogP contribution in [-0.4, -0.2) is 12.6 Å². The van der Waals surface area contributed by atoms with E-state index in [1.807, 2.05) is 0 Å². The van der Waals surface area contributed by atoms with Crippen LogP contribution in [0.4, 0.5) is 0 Å². The second kappa shape index (κ2) is 8.31. The van der Waals surface area contributed by atoms with Gasteiger partial charge >= 0.3 is 0 Å². The topological polar surface area (TPSA) is 21.3 Å². The molecule has 2 unspecified atom stereocenters. The molecule has 2 heteroatoms. The highest BCUT2D eigenvalue weighted by atomic mass is 16.5. The first-order chi connectivity index (χ1) is 9.81. The Hall–Kier alpha value is -1.02. The number of ether oxygens (including phenoxy) is 1. The van der Waals surface area contributed by atoms with Crippen LogP contribution in [-0.2, 0) is 6.54 Å². The fourth-order valence-corrected chi connectivity index (χ4v) is 3.05. The Morgan fingerprint density at radius 3 is 2.95 bits per heavy atom. The first-order valence-electron chi connectivity index (χ1n) is 8.28. The minimum atomic E-state index is 0.424. The minimum absolute atomic E-state index is 0.424. The zero-order chi connectivity index (χ0) is 14.2. The molecule has 1 aromatic carbocycles. The normalized spacial score (nSPS) is 22.7. The van der Waals surface area contributed by atoms with Gasteiger partial charge in [-0.2, -0.15) is 0 Å². The molecular formula is C18H29NO. The van der Waals surface area contributed by atoms with Crippen molar-refractivity contribution in [1.29, 1.82) is 0 Å². The molecule has 0 heterocycles. The van der Waals surface area contributed by atoms with Crippen LogP contribution < -0.4 is 10.1 Å². The molecular weight excluding hydrogens is 246 g/mol. The predicted molar refractivity (Wildman–Crippen MR) is 85.1 cm³/mol. The molecule has 2 atom stereocenters. The van der Waals surface area contributed by atoms with Crippen molar-refractivity contribution in [3.8, 4) is 5.75 Å². The van der Waals surface area contributed by atoms with Crippen LogP contribution in [0.3, 0.4) is 0 Å². The summed E-state index contributed by atoms with van der Waals surface area (Å²) < 4.78 is 6.21. The summed E-state index contributed by atoms with van der Waals surface area (Å²) in [4.78, 5) is 0. The number of rotatable bonds is 7. The van der Waals surface area contributed by atoms with Gasteiger partial charge in [0.1, 0.15) is 5.75 Å². The average molecular weight is 275 g/mol. The van der Waals surface area contributed by atoms with E-state index in [4.69, 9.17) is 4.74 Å². The quantitative estimate of drug-likeness (QED) is 0.738. The smallest absolute Gasteiger partial charge is 0.120 e.